The lowest BCUT2D eigenvalue weighted by molar-refractivity contribution is -0.324. The van der Waals surface area contributed by atoms with Crippen molar-refractivity contribution in [3.05, 3.63) is 46.2 Å². The van der Waals surface area contributed by atoms with Crippen molar-refractivity contribution < 1.29 is 32.5 Å². The summed E-state index contributed by atoms with van der Waals surface area (Å²) in [5.74, 6) is -0.892. The standard InChI is InChI=1S/C23H24F3N3O5/c1-22(2,3)18-12-29-20(15-10-16(30)14(21(31)32)11-28(15)18)13-6-4-7-17(19(13)27-29)33-8-5-9-34-23(24,25)26/h4,6-7,10-11,18H,5,8-9,12H2,1-3H3,(H,31,32). The number of benzene rings is 1. The average Bonchev–Trinajstić information content (AvgIpc) is 3.10. The van der Waals surface area contributed by atoms with Crippen molar-refractivity contribution in [2.75, 3.05) is 13.2 Å². The quantitative estimate of drug-likeness (QED) is 0.524. The van der Waals surface area contributed by atoms with Gasteiger partial charge in [0.15, 0.2) is 5.43 Å². The molecule has 8 nitrogen and oxygen atoms in total. The zero-order valence-electron chi connectivity index (χ0n) is 18.8. The highest BCUT2D eigenvalue weighted by atomic mass is 19.4. The smallest absolute Gasteiger partial charge is 0.491 e. The first-order valence-electron chi connectivity index (χ1n) is 10.7. The molecule has 0 aliphatic carbocycles. The van der Waals surface area contributed by atoms with E-state index in [1.54, 1.807) is 16.8 Å². The first kappa shape index (κ1) is 23.8. The number of aromatic nitrogens is 3. The second-order valence-corrected chi connectivity index (χ2v) is 9.21. The zero-order valence-corrected chi connectivity index (χ0v) is 18.8. The van der Waals surface area contributed by atoms with Gasteiger partial charge in [-0.25, -0.2) is 4.79 Å². The van der Waals surface area contributed by atoms with Crippen LogP contribution in [0.2, 0.25) is 0 Å². The highest BCUT2D eigenvalue weighted by Gasteiger charge is 2.35. The summed E-state index contributed by atoms with van der Waals surface area (Å²) in [6.45, 7) is 5.97. The maximum Gasteiger partial charge on any atom is 0.522 e. The summed E-state index contributed by atoms with van der Waals surface area (Å²) in [6, 6.07) is 6.35. The summed E-state index contributed by atoms with van der Waals surface area (Å²) in [5, 5.41) is 14.8. The second-order valence-electron chi connectivity index (χ2n) is 9.21. The Labute approximate surface area is 192 Å². The van der Waals surface area contributed by atoms with Crippen molar-refractivity contribution in [1.82, 2.24) is 14.3 Å². The number of rotatable bonds is 6. The molecule has 0 spiro atoms. The van der Waals surface area contributed by atoms with Crippen molar-refractivity contribution in [2.24, 2.45) is 5.41 Å². The van der Waals surface area contributed by atoms with Gasteiger partial charge in [-0.15, -0.1) is 13.2 Å². The van der Waals surface area contributed by atoms with Crippen LogP contribution >= 0.6 is 0 Å². The highest BCUT2D eigenvalue weighted by Crippen LogP contribution is 2.43. The Kier molecular flexibility index (Phi) is 5.92. The van der Waals surface area contributed by atoms with Gasteiger partial charge in [0.05, 0.1) is 37.2 Å². The van der Waals surface area contributed by atoms with Gasteiger partial charge in [-0.3, -0.25) is 14.2 Å². The van der Waals surface area contributed by atoms with E-state index in [0.717, 1.165) is 0 Å². The number of alkyl halides is 3. The Bertz CT molecular complexity index is 1300. The van der Waals surface area contributed by atoms with Crippen LogP contribution < -0.4 is 10.2 Å². The first-order valence-corrected chi connectivity index (χ1v) is 10.7. The van der Waals surface area contributed by atoms with Crippen molar-refractivity contribution in [1.29, 1.82) is 0 Å². The minimum atomic E-state index is -4.68. The maximum absolute atomic E-state index is 12.6. The Morgan fingerprint density at radius 2 is 1.97 bits per heavy atom. The Morgan fingerprint density at radius 3 is 2.62 bits per heavy atom. The molecule has 3 aromatic rings. The Morgan fingerprint density at radius 1 is 1.24 bits per heavy atom. The molecule has 1 atom stereocenters. The number of hydrogen-bond donors (Lipinski definition) is 1. The Hall–Kier alpha value is -3.34. The summed E-state index contributed by atoms with van der Waals surface area (Å²) in [5.41, 5.74) is 0.499. The van der Waals surface area contributed by atoms with Gasteiger partial charge in [-0.2, -0.15) is 5.10 Å². The number of carbonyl (C=O) groups is 1. The van der Waals surface area contributed by atoms with Crippen LogP contribution in [0, 0.1) is 5.41 Å². The van der Waals surface area contributed by atoms with Gasteiger partial charge in [0.2, 0.25) is 0 Å². The van der Waals surface area contributed by atoms with E-state index in [4.69, 9.17) is 4.74 Å². The zero-order chi connectivity index (χ0) is 24.8. The molecule has 0 radical (unpaired) electrons. The van der Waals surface area contributed by atoms with Gasteiger partial charge in [0.1, 0.15) is 16.8 Å². The van der Waals surface area contributed by atoms with E-state index >= 15 is 0 Å². The molecular weight excluding hydrogens is 455 g/mol. The number of carboxylic acid groups (broad SMARTS) is 1. The maximum atomic E-state index is 12.6. The summed E-state index contributed by atoms with van der Waals surface area (Å²) >= 11 is 0. The van der Waals surface area contributed by atoms with Crippen LogP contribution in [0.5, 0.6) is 5.75 Å². The third-order valence-electron chi connectivity index (χ3n) is 5.78. The van der Waals surface area contributed by atoms with Crippen LogP contribution in [-0.4, -0.2) is 45.0 Å². The number of nitrogens with zero attached hydrogens (tertiary/aromatic N) is 3. The predicted molar refractivity (Wildman–Crippen MR) is 117 cm³/mol. The summed E-state index contributed by atoms with van der Waals surface area (Å²) < 4.78 is 49.5. The highest BCUT2D eigenvalue weighted by molar-refractivity contribution is 5.96. The van der Waals surface area contributed by atoms with Crippen molar-refractivity contribution in [2.45, 2.75) is 46.1 Å². The molecular formula is C23H24F3N3O5. The van der Waals surface area contributed by atoms with E-state index in [9.17, 15) is 27.9 Å². The van der Waals surface area contributed by atoms with Crippen LogP contribution in [0.3, 0.4) is 0 Å². The average molecular weight is 479 g/mol. The SMILES string of the molecule is CC(C)(C)C1Cn2nc3c(OCCCOC(F)(F)F)cccc3c2-c2cc(=O)c(C(=O)O)cn21. The Balaban J connectivity index is 1.75. The fourth-order valence-electron chi connectivity index (χ4n) is 4.17. The molecule has 0 fully saturated rings. The molecule has 182 valence electrons. The fourth-order valence-corrected chi connectivity index (χ4v) is 4.17. The minimum absolute atomic E-state index is 0.0000193. The van der Waals surface area contributed by atoms with Crippen LogP contribution in [0.4, 0.5) is 13.2 Å². The van der Waals surface area contributed by atoms with Crippen LogP contribution in [0.25, 0.3) is 22.3 Å². The molecule has 1 aliphatic heterocycles. The van der Waals surface area contributed by atoms with E-state index in [-0.39, 0.29) is 30.0 Å². The summed E-state index contributed by atoms with van der Waals surface area (Å²) in [7, 11) is 0. The van der Waals surface area contributed by atoms with Crippen LogP contribution in [-0.2, 0) is 11.3 Å². The summed E-state index contributed by atoms with van der Waals surface area (Å²) in [4.78, 5) is 24.2. The minimum Gasteiger partial charge on any atom is -0.491 e. The van der Waals surface area contributed by atoms with E-state index in [1.165, 1.54) is 12.3 Å². The molecule has 0 bridgehead atoms. The molecule has 3 heterocycles. The topological polar surface area (TPSA) is 95.6 Å². The van der Waals surface area contributed by atoms with Gasteiger partial charge in [-0.05, 0) is 11.5 Å². The first-order chi connectivity index (χ1) is 15.9. The molecule has 2 aromatic heterocycles. The molecule has 4 rings (SSSR count). The second kappa shape index (κ2) is 8.46. The number of hydrogen-bond acceptors (Lipinski definition) is 5. The summed E-state index contributed by atoms with van der Waals surface area (Å²) in [6.07, 6.45) is -3.26. The largest absolute Gasteiger partial charge is 0.522 e. The lowest BCUT2D eigenvalue weighted by Crippen LogP contribution is -2.35. The van der Waals surface area contributed by atoms with E-state index in [1.807, 2.05) is 31.4 Å². The number of halogens is 3. The molecule has 11 heteroatoms. The molecule has 0 saturated carbocycles. The van der Waals surface area contributed by atoms with Gasteiger partial charge < -0.3 is 14.4 Å². The fraction of sp³-hybridized carbons (Fsp3) is 0.435. The predicted octanol–water partition coefficient (Wildman–Crippen LogP) is 4.47. The van der Waals surface area contributed by atoms with Crippen molar-refractivity contribution >= 4 is 16.9 Å². The molecule has 0 amide bonds. The number of fused-ring (bicyclic) bond motifs is 5. The van der Waals surface area contributed by atoms with Gasteiger partial charge in [-0.1, -0.05) is 32.9 Å². The number of pyridine rings is 1. The van der Waals surface area contributed by atoms with Crippen LogP contribution in [0.15, 0.2) is 35.3 Å². The number of ether oxygens (including phenoxy) is 2. The van der Waals surface area contributed by atoms with Gasteiger partial charge in [0, 0.05) is 24.1 Å². The number of carboxylic acids is 1. The van der Waals surface area contributed by atoms with E-state index < -0.39 is 24.4 Å². The normalized spacial score (nSPS) is 15.8. The van der Waals surface area contributed by atoms with Gasteiger partial charge in [0.25, 0.3) is 0 Å². The van der Waals surface area contributed by atoms with E-state index in [2.05, 4.69) is 9.84 Å². The van der Waals surface area contributed by atoms with Crippen molar-refractivity contribution in [3.63, 3.8) is 0 Å². The van der Waals surface area contributed by atoms with E-state index in [0.29, 0.717) is 34.6 Å². The number of aromatic carboxylic acids is 1. The molecule has 1 aromatic carbocycles. The molecule has 1 N–H and O–H groups in total. The van der Waals surface area contributed by atoms with Crippen molar-refractivity contribution in [3.8, 4) is 17.1 Å². The molecule has 1 aliphatic rings. The molecule has 34 heavy (non-hydrogen) atoms. The lowest BCUT2D eigenvalue weighted by atomic mass is 9.85. The molecule has 1 unspecified atom stereocenters. The molecule has 0 saturated heterocycles. The van der Waals surface area contributed by atoms with Crippen LogP contribution in [0.1, 0.15) is 43.6 Å². The monoisotopic (exact) mass is 479 g/mol. The van der Waals surface area contributed by atoms with Gasteiger partial charge >= 0.3 is 12.3 Å². The third-order valence-corrected chi connectivity index (χ3v) is 5.78. The third kappa shape index (κ3) is 4.52. The lowest BCUT2D eigenvalue weighted by Gasteiger charge is -2.38.